The van der Waals surface area contributed by atoms with Crippen molar-refractivity contribution in [3.05, 3.63) is 11.1 Å². The quantitative estimate of drug-likeness (QED) is 0.167. The zero-order valence-corrected chi connectivity index (χ0v) is 29.1. The number of carboxylic acids is 2. The van der Waals surface area contributed by atoms with Crippen LogP contribution >= 0.6 is 0 Å². The van der Waals surface area contributed by atoms with Gasteiger partial charge in [0.2, 0.25) is 0 Å². The van der Waals surface area contributed by atoms with Crippen LogP contribution in [0.1, 0.15) is 119 Å². The summed E-state index contributed by atoms with van der Waals surface area (Å²) in [5.74, 6) is 0.115. The van der Waals surface area contributed by atoms with Crippen LogP contribution in [0.2, 0.25) is 0 Å². The van der Waals surface area contributed by atoms with E-state index in [1.165, 1.54) is 51.5 Å². The summed E-state index contributed by atoms with van der Waals surface area (Å²) in [7, 11) is 0. The Morgan fingerprint density at radius 1 is 1.09 bits per heavy atom. The van der Waals surface area contributed by atoms with Gasteiger partial charge in [-0.05, 0) is 100 Å². The molecule has 2 aliphatic heterocycles. The van der Waals surface area contributed by atoms with Crippen LogP contribution in [0.3, 0.4) is 0 Å². The molecule has 11 nitrogen and oxygen atoms in total. The van der Waals surface area contributed by atoms with Gasteiger partial charge in [0, 0.05) is 31.7 Å². The largest absolute Gasteiger partial charge is 0.481 e. The summed E-state index contributed by atoms with van der Waals surface area (Å²) in [6, 6.07) is 0.566. The normalized spacial score (nSPS) is 38.5. The van der Waals surface area contributed by atoms with E-state index in [1.54, 1.807) is 5.57 Å². The number of carboxylic acid groups (broad SMARTS) is 2. The Morgan fingerprint density at radius 3 is 2.45 bits per heavy atom. The topological polar surface area (TPSA) is 169 Å². The van der Waals surface area contributed by atoms with Crippen LogP contribution in [-0.2, 0) is 33.7 Å². The first-order chi connectivity index (χ1) is 22.2. The summed E-state index contributed by atoms with van der Waals surface area (Å²) in [5.41, 5.74) is 1.34. The van der Waals surface area contributed by atoms with Crippen molar-refractivity contribution in [1.29, 1.82) is 0 Å². The molecule has 4 aliphatic carbocycles. The SMILES string of the molecule is CC.CC(=O)OOCC(O)(CC(=O)O)C(=O)O.CC1=C2CC3C(CCC4CC(=O)CCC43C)C2CCC2(C1)OC1CCCNC1C2C. The number of piperidine rings is 1. The molecule has 0 aromatic heterocycles. The minimum absolute atomic E-state index is 0.0714. The van der Waals surface area contributed by atoms with Crippen molar-refractivity contribution in [1.82, 2.24) is 5.32 Å². The number of allylic oxidation sites excluding steroid dienone is 1. The number of carbonyl (C=O) groups is 4. The molecule has 0 aromatic carbocycles. The number of nitrogens with one attached hydrogen (secondary N) is 1. The van der Waals surface area contributed by atoms with E-state index in [0.29, 0.717) is 35.2 Å². The lowest BCUT2D eigenvalue weighted by Gasteiger charge is -2.52. The maximum Gasteiger partial charge on any atom is 0.339 e. The van der Waals surface area contributed by atoms with Crippen molar-refractivity contribution in [2.75, 3.05) is 13.2 Å². The number of Topliss-reactive ketones (excluding diaryl/α,β-unsaturated/α-hetero) is 1. The monoisotopic (exact) mass is 663 g/mol. The first-order valence-electron chi connectivity index (χ1n) is 17.8. The van der Waals surface area contributed by atoms with Gasteiger partial charge in [0.15, 0.2) is 5.60 Å². The van der Waals surface area contributed by atoms with Gasteiger partial charge in [-0.2, -0.15) is 4.89 Å². The molecule has 11 heteroatoms. The number of aliphatic carboxylic acids is 2. The van der Waals surface area contributed by atoms with Crippen LogP contribution in [0.15, 0.2) is 11.1 Å². The Kier molecular flexibility index (Phi) is 12.0. The molecule has 5 fully saturated rings. The highest BCUT2D eigenvalue weighted by Gasteiger charge is 2.59. The maximum absolute atomic E-state index is 12.2. The molecule has 0 aromatic rings. The molecule has 2 heterocycles. The van der Waals surface area contributed by atoms with Gasteiger partial charge in [-0.25, -0.2) is 9.59 Å². The molecule has 3 saturated carbocycles. The number of fused-ring (bicyclic) bond motifs is 6. The Balaban J connectivity index is 0.000000252. The molecule has 266 valence electrons. The molecule has 10 atom stereocenters. The first-order valence-corrected chi connectivity index (χ1v) is 17.8. The van der Waals surface area contributed by atoms with Crippen molar-refractivity contribution in [2.24, 2.45) is 35.0 Å². The lowest BCUT2D eigenvalue weighted by molar-refractivity contribution is -0.290. The number of ether oxygens (including phenoxy) is 1. The standard InChI is InChI=1S/C27H41NO2.C7H10O8.C2H6/c1-16-15-27(17(2)25-24(30-27)5-4-12-28-25)11-9-20-21-7-6-18-13-19(29)8-10-26(18,3)23(21)14-22(16)20;1-4(8)15-14-3-7(13,6(11)12)2-5(9)10;1-2/h17-18,20-21,23-25,28H,4-15H2,1-3H3;13H,2-3H2,1H3,(H,9,10)(H,11,12);1-2H3. The van der Waals surface area contributed by atoms with E-state index in [-0.39, 0.29) is 5.60 Å². The van der Waals surface area contributed by atoms with Gasteiger partial charge in [0.25, 0.3) is 0 Å². The lowest BCUT2D eigenvalue weighted by Crippen LogP contribution is -2.46. The summed E-state index contributed by atoms with van der Waals surface area (Å²) in [6.07, 6.45) is 12.4. The summed E-state index contributed by atoms with van der Waals surface area (Å²) in [4.78, 5) is 51.1. The summed E-state index contributed by atoms with van der Waals surface area (Å²) < 4.78 is 6.94. The molecule has 2 saturated heterocycles. The molecule has 47 heavy (non-hydrogen) atoms. The second kappa shape index (κ2) is 15.0. The zero-order valence-electron chi connectivity index (χ0n) is 29.1. The minimum atomic E-state index is -2.62. The van der Waals surface area contributed by atoms with Crippen LogP contribution in [0.25, 0.3) is 0 Å². The predicted molar refractivity (Wildman–Crippen MR) is 173 cm³/mol. The van der Waals surface area contributed by atoms with Crippen molar-refractivity contribution in [3.63, 3.8) is 0 Å². The number of ketones is 1. The van der Waals surface area contributed by atoms with Gasteiger partial charge in [0.05, 0.1) is 18.1 Å². The molecular formula is C36H57NO10. The van der Waals surface area contributed by atoms with E-state index >= 15 is 0 Å². The fourth-order valence-corrected chi connectivity index (χ4v) is 10.1. The van der Waals surface area contributed by atoms with Crippen molar-refractivity contribution in [3.8, 4) is 0 Å². The Labute approximate surface area is 279 Å². The summed E-state index contributed by atoms with van der Waals surface area (Å²) in [6.45, 7) is 12.7. The average Bonchev–Trinajstić information content (AvgIpc) is 3.48. The highest BCUT2D eigenvalue weighted by molar-refractivity contribution is 5.83. The van der Waals surface area contributed by atoms with Gasteiger partial charge in [-0.3, -0.25) is 14.5 Å². The van der Waals surface area contributed by atoms with Crippen LogP contribution in [-0.4, -0.2) is 75.5 Å². The molecule has 6 aliphatic rings. The number of rotatable bonds is 6. The van der Waals surface area contributed by atoms with Crippen LogP contribution in [0.5, 0.6) is 0 Å². The summed E-state index contributed by atoms with van der Waals surface area (Å²) >= 11 is 0. The van der Waals surface area contributed by atoms with E-state index in [9.17, 15) is 24.3 Å². The third-order valence-corrected chi connectivity index (χ3v) is 12.5. The van der Waals surface area contributed by atoms with E-state index in [0.717, 1.165) is 50.4 Å². The molecule has 0 radical (unpaired) electrons. The number of aliphatic hydroxyl groups is 1. The van der Waals surface area contributed by atoms with Crippen LogP contribution in [0, 0.1) is 35.0 Å². The van der Waals surface area contributed by atoms with Gasteiger partial charge in [0.1, 0.15) is 12.4 Å². The minimum Gasteiger partial charge on any atom is -0.481 e. The molecule has 1 spiro atoms. The zero-order chi connectivity index (χ0) is 34.7. The van der Waals surface area contributed by atoms with Gasteiger partial charge >= 0.3 is 17.9 Å². The molecular weight excluding hydrogens is 606 g/mol. The predicted octanol–water partition coefficient (Wildman–Crippen LogP) is 5.23. The fraction of sp³-hybridized carbons (Fsp3) is 0.833. The summed E-state index contributed by atoms with van der Waals surface area (Å²) in [5, 5.41) is 29.9. The molecule has 0 bridgehead atoms. The molecule has 4 N–H and O–H groups in total. The average molecular weight is 664 g/mol. The highest BCUT2D eigenvalue weighted by atomic mass is 17.2. The third kappa shape index (κ3) is 7.63. The van der Waals surface area contributed by atoms with Crippen LogP contribution in [0.4, 0.5) is 0 Å². The van der Waals surface area contributed by atoms with Gasteiger partial charge in [-0.1, -0.05) is 38.8 Å². The smallest absolute Gasteiger partial charge is 0.339 e. The first kappa shape index (κ1) is 37.5. The Morgan fingerprint density at radius 2 is 1.81 bits per heavy atom. The third-order valence-electron chi connectivity index (χ3n) is 12.5. The van der Waals surface area contributed by atoms with Crippen molar-refractivity contribution < 1.29 is 49.0 Å². The number of hydrogen-bond acceptors (Lipinski definition) is 9. The Bertz CT molecular complexity index is 1220. The van der Waals surface area contributed by atoms with Crippen molar-refractivity contribution in [2.45, 2.75) is 142 Å². The van der Waals surface area contributed by atoms with E-state index in [2.05, 4.69) is 35.9 Å². The van der Waals surface area contributed by atoms with Crippen LogP contribution < -0.4 is 5.32 Å². The van der Waals surface area contributed by atoms with Crippen molar-refractivity contribution >= 4 is 23.7 Å². The second-order valence-electron chi connectivity index (χ2n) is 15.0. The van der Waals surface area contributed by atoms with Gasteiger partial charge < -0.3 is 25.4 Å². The fourth-order valence-electron chi connectivity index (χ4n) is 10.1. The van der Waals surface area contributed by atoms with E-state index in [4.69, 9.17) is 14.9 Å². The second-order valence-corrected chi connectivity index (χ2v) is 15.0. The number of hydrogen-bond donors (Lipinski definition) is 4. The molecule has 6 rings (SSSR count). The van der Waals surface area contributed by atoms with E-state index < -0.39 is 36.5 Å². The number of carbonyl (C=O) groups excluding carboxylic acids is 2. The maximum atomic E-state index is 12.2. The highest BCUT2D eigenvalue weighted by Crippen LogP contribution is 2.65. The van der Waals surface area contributed by atoms with E-state index in [1.807, 2.05) is 19.4 Å². The lowest BCUT2D eigenvalue weighted by atomic mass is 9.52. The Hall–Kier alpha value is -2.34. The van der Waals surface area contributed by atoms with Gasteiger partial charge in [-0.15, -0.1) is 0 Å². The molecule has 10 unspecified atom stereocenters. The molecule has 0 amide bonds.